The van der Waals surface area contributed by atoms with Gasteiger partial charge in [-0.05, 0) is 45.0 Å². The molecule has 2 heterocycles. The van der Waals surface area contributed by atoms with E-state index in [1.54, 1.807) is 17.8 Å². The van der Waals surface area contributed by atoms with Crippen molar-refractivity contribution in [3.05, 3.63) is 47.3 Å². The monoisotopic (exact) mass is 385 g/mol. The highest BCUT2D eigenvalue weighted by Gasteiger charge is 2.23. The van der Waals surface area contributed by atoms with E-state index < -0.39 is 11.6 Å². The van der Waals surface area contributed by atoms with E-state index in [4.69, 9.17) is 0 Å². The summed E-state index contributed by atoms with van der Waals surface area (Å²) in [6.45, 7) is 3.73. The van der Waals surface area contributed by atoms with Crippen LogP contribution in [0.4, 0.5) is 8.78 Å². The van der Waals surface area contributed by atoms with E-state index in [1.807, 2.05) is 0 Å². The van der Waals surface area contributed by atoms with Gasteiger partial charge in [-0.25, -0.2) is 13.5 Å². The fourth-order valence-corrected chi connectivity index (χ4v) is 2.99. The highest BCUT2D eigenvalue weighted by Crippen LogP contribution is 2.19. The Bertz CT molecular complexity index is 728. The second kappa shape index (κ2) is 9.05. The van der Waals surface area contributed by atoms with Gasteiger partial charge in [-0.3, -0.25) is 4.79 Å². The third-order valence-corrected chi connectivity index (χ3v) is 4.49. The molecule has 0 saturated carbocycles. The van der Waals surface area contributed by atoms with Crippen molar-refractivity contribution in [2.45, 2.75) is 32.4 Å². The second-order valence-corrected chi connectivity index (χ2v) is 6.08. The van der Waals surface area contributed by atoms with E-state index in [0.717, 1.165) is 25.9 Å². The average Bonchev–Trinajstić information content (AvgIpc) is 3.12. The van der Waals surface area contributed by atoms with Crippen LogP contribution in [0.2, 0.25) is 0 Å². The third kappa shape index (κ3) is 4.37. The molecule has 142 valence electrons. The second-order valence-electron chi connectivity index (χ2n) is 6.08. The van der Waals surface area contributed by atoms with E-state index >= 15 is 0 Å². The molecule has 6 nitrogen and oxygen atoms in total. The molecule has 1 aliphatic rings. The topological polar surface area (TPSA) is 63.1 Å². The van der Waals surface area contributed by atoms with Crippen LogP contribution >= 0.6 is 12.4 Å². The lowest BCUT2D eigenvalue weighted by Gasteiger charge is -2.22. The number of benzene rings is 1. The van der Waals surface area contributed by atoms with Crippen molar-refractivity contribution in [3.8, 4) is 0 Å². The summed E-state index contributed by atoms with van der Waals surface area (Å²) in [5.41, 5.74) is 0.0700. The van der Waals surface area contributed by atoms with Gasteiger partial charge in [-0.2, -0.15) is 0 Å². The highest BCUT2D eigenvalue weighted by atomic mass is 35.5. The van der Waals surface area contributed by atoms with Gasteiger partial charge in [0.25, 0.3) is 5.91 Å². The normalized spacial score (nSPS) is 14.7. The summed E-state index contributed by atoms with van der Waals surface area (Å²) >= 11 is 0. The molecule has 0 spiro atoms. The largest absolute Gasteiger partial charge is 0.333 e. The summed E-state index contributed by atoms with van der Waals surface area (Å²) in [4.78, 5) is 14.0. The van der Waals surface area contributed by atoms with Crippen molar-refractivity contribution < 1.29 is 13.6 Å². The van der Waals surface area contributed by atoms with Gasteiger partial charge in [0.2, 0.25) is 0 Å². The number of carbonyl (C=O) groups excluding carboxylic acids is 1. The van der Waals surface area contributed by atoms with Crippen molar-refractivity contribution in [2.75, 3.05) is 19.6 Å². The SMILES string of the molecule is CCN(Cc1c(F)cccc1F)C(=O)c1cn(C2CCNCC2)nn1.Cl. The molecule has 9 heteroatoms. The molecular formula is C17H22ClF2N5O. The fraction of sp³-hybridized carbons (Fsp3) is 0.471. The van der Waals surface area contributed by atoms with Crippen molar-refractivity contribution in [1.29, 1.82) is 0 Å². The first-order valence-corrected chi connectivity index (χ1v) is 8.45. The first-order chi connectivity index (χ1) is 12.1. The maximum atomic E-state index is 13.8. The lowest BCUT2D eigenvalue weighted by molar-refractivity contribution is 0.0743. The maximum absolute atomic E-state index is 13.8. The smallest absolute Gasteiger partial charge is 0.276 e. The van der Waals surface area contributed by atoms with Crippen LogP contribution in [-0.4, -0.2) is 45.4 Å². The minimum atomic E-state index is -0.662. The Morgan fingerprint density at radius 2 is 1.96 bits per heavy atom. The Hall–Kier alpha value is -2.06. The van der Waals surface area contributed by atoms with Crippen LogP contribution in [-0.2, 0) is 6.54 Å². The molecule has 0 aliphatic carbocycles. The summed E-state index contributed by atoms with van der Waals surface area (Å²) in [6, 6.07) is 3.89. The Morgan fingerprint density at radius 1 is 1.31 bits per heavy atom. The molecule has 0 bridgehead atoms. The van der Waals surface area contributed by atoms with Crippen molar-refractivity contribution in [1.82, 2.24) is 25.2 Å². The molecule has 1 aromatic heterocycles. The Balaban J connectivity index is 0.00000243. The summed E-state index contributed by atoms with van der Waals surface area (Å²) in [6.07, 6.45) is 3.47. The van der Waals surface area contributed by atoms with Crippen LogP contribution in [0.15, 0.2) is 24.4 Å². The fourth-order valence-electron chi connectivity index (χ4n) is 2.99. The minimum Gasteiger partial charge on any atom is -0.333 e. The van der Waals surface area contributed by atoms with Gasteiger partial charge < -0.3 is 10.2 Å². The first kappa shape index (κ1) is 20.3. The van der Waals surface area contributed by atoms with E-state index in [0.29, 0.717) is 6.54 Å². The number of carbonyl (C=O) groups is 1. The zero-order valence-corrected chi connectivity index (χ0v) is 15.3. The van der Waals surface area contributed by atoms with E-state index in [9.17, 15) is 13.6 Å². The molecule has 2 aromatic rings. The number of halogens is 3. The standard InChI is InChI=1S/C17H21F2N5O.ClH/c1-2-23(10-13-14(18)4-3-5-15(13)19)17(25)16-11-24(22-21-16)12-6-8-20-9-7-12;/h3-5,11-12,20H,2,6-10H2,1H3;1H. The quantitative estimate of drug-likeness (QED) is 0.859. The van der Waals surface area contributed by atoms with Crippen LogP contribution in [0.5, 0.6) is 0 Å². The van der Waals surface area contributed by atoms with Crippen LogP contribution in [0.3, 0.4) is 0 Å². The molecule has 1 aliphatic heterocycles. The number of hydrogen-bond acceptors (Lipinski definition) is 4. The Labute approximate surface area is 157 Å². The number of aromatic nitrogens is 3. The van der Waals surface area contributed by atoms with Gasteiger partial charge in [-0.15, -0.1) is 17.5 Å². The van der Waals surface area contributed by atoms with Gasteiger partial charge in [0.15, 0.2) is 5.69 Å². The summed E-state index contributed by atoms with van der Waals surface area (Å²) < 4.78 is 29.4. The molecule has 1 amide bonds. The Morgan fingerprint density at radius 3 is 2.58 bits per heavy atom. The number of rotatable bonds is 5. The predicted molar refractivity (Wildman–Crippen MR) is 95.2 cm³/mol. The predicted octanol–water partition coefficient (Wildman–Crippen LogP) is 2.56. The molecule has 1 saturated heterocycles. The number of hydrogen-bond donors (Lipinski definition) is 1. The zero-order valence-electron chi connectivity index (χ0n) is 14.5. The Kier molecular flexibility index (Phi) is 7.05. The van der Waals surface area contributed by atoms with Gasteiger partial charge in [-0.1, -0.05) is 11.3 Å². The first-order valence-electron chi connectivity index (χ1n) is 8.45. The molecule has 1 fully saturated rings. The average molecular weight is 386 g/mol. The molecule has 1 N–H and O–H groups in total. The van der Waals surface area contributed by atoms with Crippen molar-refractivity contribution in [3.63, 3.8) is 0 Å². The van der Waals surface area contributed by atoms with E-state index in [-0.39, 0.29) is 42.2 Å². The van der Waals surface area contributed by atoms with Gasteiger partial charge >= 0.3 is 0 Å². The zero-order chi connectivity index (χ0) is 17.8. The van der Waals surface area contributed by atoms with Gasteiger partial charge in [0.1, 0.15) is 11.6 Å². The van der Waals surface area contributed by atoms with Gasteiger partial charge in [0, 0.05) is 12.1 Å². The van der Waals surface area contributed by atoms with E-state index in [2.05, 4.69) is 15.6 Å². The number of nitrogens with zero attached hydrogens (tertiary/aromatic N) is 4. The molecular weight excluding hydrogens is 364 g/mol. The van der Waals surface area contributed by atoms with Crippen LogP contribution in [0, 0.1) is 11.6 Å². The van der Waals surface area contributed by atoms with Gasteiger partial charge in [0.05, 0.1) is 18.8 Å². The summed E-state index contributed by atoms with van der Waals surface area (Å²) in [5.74, 6) is -1.71. The molecule has 0 atom stereocenters. The summed E-state index contributed by atoms with van der Waals surface area (Å²) in [7, 11) is 0. The molecule has 0 radical (unpaired) electrons. The lowest BCUT2D eigenvalue weighted by Crippen LogP contribution is -2.31. The molecule has 3 rings (SSSR count). The van der Waals surface area contributed by atoms with Crippen LogP contribution in [0.25, 0.3) is 0 Å². The van der Waals surface area contributed by atoms with E-state index in [1.165, 1.54) is 23.1 Å². The lowest BCUT2D eigenvalue weighted by atomic mass is 10.1. The maximum Gasteiger partial charge on any atom is 0.276 e. The minimum absolute atomic E-state index is 0. The molecule has 26 heavy (non-hydrogen) atoms. The van der Waals surface area contributed by atoms with Crippen molar-refractivity contribution >= 4 is 18.3 Å². The van der Waals surface area contributed by atoms with Crippen LogP contribution < -0.4 is 5.32 Å². The highest BCUT2D eigenvalue weighted by molar-refractivity contribution is 5.91. The van der Waals surface area contributed by atoms with Crippen molar-refractivity contribution in [2.24, 2.45) is 0 Å². The summed E-state index contributed by atoms with van der Waals surface area (Å²) in [5, 5.41) is 11.3. The van der Waals surface area contributed by atoms with Crippen LogP contribution in [0.1, 0.15) is 41.9 Å². The third-order valence-electron chi connectivity index (χ3n) is 4.49. The number of amides is 1. The molecule has 0 unspecified atom stereocenters. The molecule has 1 aromatic carbocycles. The number of piperidine rings is 1. The number of nitrogens with one attached hydrogen (secondary N) is 1.